The second-order valence-electron chi connectivity index (χ2n) is 8.88. The van der Waals surface area contributed by atoms with Crippen LogP contribution >= 0.6 is 0 Å². The molecule has 6 heteroatoms. The Kier molecular flexibility index (Phi) is 3.37. The molecule has 0 aromatic carbocycles. The summed E-state index contributed by atoms with van der Waals surface area (Å²) in [5.41, 5.74) is 1.25. The molecule has 6 aliphatic rings. The van der Waals surface area contributed by atoms with Crippen molar-refractivity contribution in [2.45, 2.75) is 51.5 Å². The molecule has 2 heterocycles. The number of hydrogen-bond acceptors (Lipinski definition) is 4. The van der Waals surface area contributed by atoms with Crippen LogP contribution in [0.25, 0.3) is 11.3 Å². The molecule has 4 saturated carbocycles. The molecule has 4 bridgehead atoms. The molecule has 26 heavy (non-hydrogen) atoms. The topological polar surface area (TPSA) is 77.0 Å². The Morgan fingerprint density at radius 2 is 1.85 bits per heavy atom. The summed E-state index contributed by atoms with van der Waals surface area (Å²) in [6.45, 7) is 2.25. The largest absolute Gasteiger partial charge is 0.465 e. The molecule has 0 radical (unpaired) electrons. The average Bonchev–Trinajstić information content (AvgIpc) is 2.99. The van der Waals surface area contributed by atoms with E-state index < -0.39 is 5.97 Å². The SMILES string of the molecule is COC(=O)c1cn([C@H](C)C23CC4CC(CC(C4)C2)C3)cc2c(=O)[nH]nc1-2. The molecule has 6 rings (SSSR count). The first-order chi connectivity index (χ1) is 12.5. The smallest absolute Gasteiger partial charge is 0.341 e. The van der Waals surface area contributed by atoms with Gasteiger partial charge in [0.1, 0.15) is 11.3 Å². The van der Waals surface area contributed by atoms with Crippen LogP contribution < -0.4 is 5.56 Å². The highest BCUT2D eigenvalue weighted by atomic mass is 16.5. The molecule has 1 atom stereocenters. The number of nitrogens with one attached hydrogen (secondary N) is 1. The van der Waals surface area contributed by atoms with Crippen molar-refractivity contribution in [3.05, 3.63) is 28.3 Å². The fourth-order valence-corrected chi connectivity index (χ4v) is 6.54. The van der Waals surface area contributed by atoms with E-state index in [1.165, 1.54) is 45.6 Å². The molecular formula is C20H25N3O3. The first-order valence-corrected chi connectivity index (χ1v) is 9.67. The highest BCUT2D eigenvalue weighted by Gasteiger charge is 2.53. The van der Waals surface area contributed by atoms with Crippen molar-refractivity contribution >= 4 is 5.97 Å². The minimum Gasteiger partial charge on any atom is -0.465 e. The van der Waals surface area contributed by atoms with Crippen molar-refractivity contribution in [2.75, 3.05) is 7.11 Å². The maximum Gasteiger partial charge on any atom is 0.341 e. The fraction of sp³-hybridized carbons (Fsp3) is 0.650. The van der Waals surface area contributed by atoms with E-state index in [2.05, 4.69) is 21.7 Å². The number of fused-ring (bicyclic) bond motifs is 1. The van der Waals surface area contributed by atoms with Crippen molar-refractivity contribution in [1.29, 1.82) is 0 Å². The van der Waals surface area contributed by atoms with E-state index in [4.69, 9.17) is 4.74 Å². The summed E-state index contributed by atoms with van der Waals surface area (Å²) in [5.74, 6) is 2.12. The van der Waals surface area contributed by atoms with Gasteiger partial charge >= 0.3 is 5.97 Å². The van der Waals surface area contributed by atoms with Crippen LogP contribution in [0.15, 0.2) is 17.2 Å². The quantitative estimate of drug-likeness (QED) is 0.858. The molecular weight excluding hydrogens is 330 g/mol. The summed E-state index contributed by atoms with van der Waals surface area (Å²) in [6, 6.07) is 0.248. The molecule has 0 aromatic heterocycles. The van der Waals surface area contributed by atoms with Gasteiger partial charge in [-0.05, 0) is 68.6 Å². The van der Waals surface area contributed by atoms with Gasteiger partial charge in [-0.25, -0.2) is 9.89 Å². The van der Waals surface area contributed by atoms with Crippen LogP contribution in [-0.4, -0.2) is 27.8 Å². The predicted molar refractivity (Wildman–Crippen MR) is 96.1 cm³/mol. The van der Waals surface area contributed by atoms with Crippen molar-refractivity contribution < 1.29 is 9.53 Å². The Hall–Kier alpha value is -2.11. The zero-order valence-corrected chi connectivity index (χ0v) is 15.3. The third-order valence-corrected chi connectivity index (χ3v) is 7.40. The minimum absolute atomic E-state index is 0.248. The molecule has 0 unspecified atom stereocenters. The van der Waals surface area contributed by atoms with Gasteiger partial charge in [-0.1, -0.05) is 0 Å². The molecule has 4 aliphatic carbocycles. The van der Waals surface area contributed by atoms with Crippen molar-refractivity contribution in [3.8, 4) is 11.3 Å². The highest BCUT2D eigenvalue weighted by molar-refractivity contribution is 5.95. The van der Waals surface area contributed by atoms with Crippen LogP contribution in [0.4, 0.5) is 0 Å². The summed E-state index contributed by atoms with van der Waals surface area (Å²) in [5, 5.41) is 6.50. The Bertz CT molecular complexity index is 861. The van der Waals surface area contributed by atoms with Crippen LogP contribution in [0, 0.1) is 23.2 Å². The highest BCUT2D eigenvalue weighted by Crippen LogP contribution is 2.63. The van der Waals surface area contributed by atoms with Gasteiger partial charge in [-0.15, -0.1) is 0 Å². The molecule has 1 N–H and O–H groups in total. The van der Waals surface area contributed by atoms with E-state index in [0.717, 1.165) is 17.8 Å². The number of esters is 1. The molecule has 138 valence electrons. The zero-order valence-electron chi connectivity index (χ0n) is 15.3. The monoisotopic (exact) mass is 355 g/mol. The normalized spacial score (nSPS) is 33.5. The number of H-pyrrole nitrogens is 1. The summed E-state index contributed by atoms with van der Waals surface area (Å²) < 4.78 is 7.01. The maximum atomic E-state index is 12.3. The second-order valence-corrected chi connectivity index (χ2v) is 8.88. The van der Waals surface area contributed by atoms with Gasteiger partial charge in [0.15, 0.2) is 0 Å². The van der Waals surface area contributed by atoms with Gasteiger partial charge in [-0.2, -0.15) is 5.10 Å². The van der Waals surface area contributed by atoms with Gasteiger partial charge in [0.05, 0.1) is 12.7 Å². The molecule has 6 nitrogen and oxygen atoms in total. The molecule has 2 aliphatic heterocycles. The fourth-order valence-electron chi connectivity index (χ4n) is 6.54. The van der Waals surface area contributed by atoms with Crippen LogP contribution in [0.2, 0.25) is 0 Å². The Balaban J connectivity index is 1.60. The number of pyridine rings is 1. The number of aromatic amines is 1. The lowest BCUT2D eigenvalue weighted by Gasteiger charge is -2.59. The number of methoxy groups -OCH3 is 1. The van der Waals surface area contributed by atoms with E-state index in [-0.39, 0.29) is 17.0 Å². The van der Waals surface area contributed by atoms with Crippen LogP contribution in [0.3, 0.4) is 0 Å². The van der Waals surface area contributed by atoms with Gasteiger partial charge < -0.3 is 9.30 Å². The number of rotatable bonds is 3. The lowest BCUT2D eigenvalue weighted by atomic mass is 9.48. The third-order valence-electron chi connectivity index (χ3n) is 7.40. The first kappa shape index (κ1) is 16.1. The number of nitrogens with zero attached hydrogens (tertiary/aromatic N) is 2. The number of carbonyl (C=O) groups excluding carboxylic acids is 1. The van der Waals surface area contributed by atoms with Crippen LogP contribution in [-0.2, 0) is 4.74 Å². The summed E-state index contributed by atoms with van der Waals surface area (Å²) in [6.07, 6.45) is 11.7. The number of ether oxygens (including phenoxy) is 1. The molecule has 0 spiro atoms. The Labute approximate surface area is 152 Å². The second kappa shape index (κ2) is 5.44. The molecule has 0 aromatic rings. The average molecular weight is 355 g/mol. The van der Waals surface area contributed by atoms with E-state index >= 15 is 0 Å². The number of aromatic nitrogens is 3. The van der Waals surface area contributed by atoms with Gasteiger partial charge in [-0.3, -0.25) is 4.79 Å². The zero-order chi connectivity index (χ0) is 18.1. The molecule has 4 fully saturated rings. The third kappa shape index (κ3) is 2.20. The van der Waals surface area contributed by atoms with Crippen LogP contribution in [0.1, 0.15) is 61.8 Å². The number of hydrogen-bond donors (Lipinski definition) is 1. The van der Waals surface area contributed by atoms with E-state index in [9.17, 15) is 9.59 Å². The minimum atomic E-state index is -0.450. The lowest BCUT2D eigenvalue weighted by Crippen LogP contribution is -2.49. The van der Waals surface area contributed by atoms with Crippen molar-refractivity contribution in [2.24, 2.45) is 23.2 Å². The first-order valence-electron chi connectivity index (χ1n) is 9.67. The molecule has 0 amide bonds. The Morgan fingerprint density at radius 3 is 2.42 bits per heavy atom. The van der Waals surface area contributed by atoms with E-state index in [0.29, 0.717) is 16.8 Å². The molecule has 0 saturated heterocycles. The van der Waals surface area contributed by atoms with Crippen molar-refractivity contribution in [1.82, 2.24) is 14.8 Å². The summed E-state index contributed by atoms with van der Waals surface area (Å²) >= 11 is 0. The lowest BCUT2D eigenvalue weighted by molar-refractivity contribution is -0.0789. The van der Waals surface area contributed by atoms with Crippen LogP contribution in [0.5, 0.6) is 0 Å². The van der Waals surface area contributed by atoms with E-state index in [1.54, 1.807) is 0 Å². The van der Waals surface area contributed by atoms with Crippen molar-refractivity contribution in [3.63, 3.8) is 0 Å². The summed E-state index contributed by atoms with van der Waals surface area (Å²) in [7, 11) is 1.36. The summed E-state index contributed by atoms with van der Waals surface area (Å²) in [4.78, 5) is 24.4. The van der Waals surface area contributed by atoms with Gasteiger partial charge in [0.25, 0.3) is 5.56 Å². The van der Waals surface area contributed by atoms with Gasteiger partial charge in [0, 0.05) is 18.4 Å². The standard InChI is InChI=1S/C20H25N3O3/c1-11(20-6-12-3-13(7-20)5-14(4-12)8-20)23-9-15-17(21-22-18(15)24)16(10-23)19(25)26-2/h9-14H,3-8H2,1-2H3,(H,22,24)/t11-,12?,13?,14?,20?/m1/s1. The van der Waals surface area contributed by atoms with E-state index in [1.807, 2.05) is 12.4 Å². The predicted octanol–water partition coefficient (Wildman–Crippen LogP) is 3.24. The maximum absolute atomic E-state index is 12.3. The number of carbonyl (C=O) groups is 1. The van der Waals surface area contributed by atoms with Gasteiger partial charge in [0.2, 0.25) is 0 Å². The Morgan fingerprint density at radius 1 is 1.23 bits per heavy atom.